The number of carbonyl (C=O) groups excluding carboxylic acids is 1. The number of rotatable bonds is 3. The Hall–Kier alpha value is -2.36. The SMILES string of the molecule is CCOC(=O)/C=C/c1cc(=O)oc2ccccc12. The van der Waals surface area contributed by atoms with Crippen molar-refractivity contribution < 1.29 is 13.9 Å². The van der Waals surface area contributed by atoms with Gasteiger partial charge in [0.15, 0.2) is 0 Å². The Morgan fingerprint density at radius 1 is 1.39 bits per heavy atom. The highest BCUT2D eigenvalue weighted by Gasteiger charge is 2.02. The predicted octanol–water partition coefficient (Wildman–Crippen LogP) is 2.37. The van der Waals surface area contributed by atoms with Crippen molar-refractivity contribution >= 4 is 23.0 Å². The Bertz CT molecular complexity index is 652. The number of benzene rings is 1. The molecule has 2 rings (SSSR count). The van der Waals surface area contributed by atoms with Crippen molar-refractivity contribution in [3.05, 3.63) is 52.4 Å². The summed E-state index contributed by atoms with van der Waals surface area (Å²) >= 11 is 0. The van der Waals surface area contributed by atoms with E-state index in [2.05, 4.69) is 0 Å². The van der Waals surface area contributed by atoms with Gasteiger partial charge >= 0.3 is 11.6 Å². The maximum absolute atomic E-state index is 11.4. The third kappa shape index (κ3) is 2.66. The van der Waals surface area contributed by atoms with Crippen LogP contribution >= 0.6 is 0 Å². The number of esters is 1. The zero-order valence-electron chi connectivity index (χ0n) is 9.88. The van der Waals surface area contributed by atoms with Gasteiger partial charge in [0, 0.05) is 17.5 Å². The zero-order valence-corrected chi connectivity index (χ0v) is 9.88. The Morgan fingerprint density at radius 3 is 2.94 bits per heavy atom. The third-order valence-corrected chi connectivity index (χ3v) is 2.37. The molecule has 0 fully saturated rings. The van der Waals surface area contributed by atoms with Crippen LogP contribution < -0.4 is 5.63 Å². The summed E-state index contributed by atoms with van der Waals surface area (Å²) in [5.41, 5.74) is 0.681. The summed E-state index contributed by atoms with van der Waals surface area (Å²) in [6.07, 6.45) is 2.85. The molecule has 2 aromatic rings. The number of hydrogen-bond donors (Lipinski definition) is 0. The minimum atomic E-state index is -0.447. The van der Waals surface area contributed by atoms with Crippen molar-refractivity contribution in [3.63, 3.8) is 0 Å². The van der Waals surface area contributed by atoms with E-state index in [4.69, 9.17) is 9.15 Å². The molecule has 1 heterocycles. The Morgan fingerprint density at radius 2 is 2.17 bits per heavy atom. The molecular formula is C14H12O4. The number of hydrogen-bond acceptors (Lipinski definition) is 4. The molecule has 0 saturated heterocycles. The van der Waals surface area contributed by atoms with Crippen LogP contribution in [-0.2, 0) is 9.53 Å². The zero-order chi connectivity index (χ0) is 13.0. The molecule has 1 aromatic heterocycles. The Kier molecular flexibility index (Phi) is 3.57. The van der Waals surface area contributed by atoms with Gasteiger partial charge in [0.2, 0.25) is 0 Å². The molecule has 1 aromatic carbocycles. The number of carbonyl (C=O) groups is 1. The molecule has 0 radical (unpaired) electrons. The van der Waals surface area contributed by atoms with Crippen LogP contribution in [0.4, 0.5) is 0 Å². The van der Waals surface area contributed by atoms with E-state index < -0.39 is 11.6 Å². The topological polar surface area (TPSA) is 56.5 Å². The van der Waals surface area contributed by atoms with Gasteiger partial charge in [-0.05, 0) is 24.6 Å². The fraction of sp³-hybridized carbons (Fsp3) is 0.143. The second-order valence-electron chi connectivity index (χ2n) is 3.60. The normalized spacial score (nSPS) is 10.9. The minimum absolute atomic E-state index is 0.320. The van der Waals surface area contributed by atoms with Gasteiger partial charge in [-0.3, -0.25) is 0 Å². The van der Waals surface area contributed by atoms with Crippen LogP contribution in [0.3, 0.4) is 0 Å². The molecule has 4 nitrogen and oxygen atoms in total. The van der Waals surface area contributed by atoms with Gasteiger partial charge in [-0.1, -0.05) is 18.2 Å². The van der Waals surface area contributed by atoms with Gasteiger partial charge in [0.25, 0.3) is 0 Å². The minimum Gasteiger partial charge on any atom is -0.463 e. The first-order valence-corrected chi connectivity index (χ1v) is 5.58. The van der Waals surface area contributed by atoms with E-state index in [1.54, 1.807) is 25.1 Å². The van der Waals surface area contributed by atoms with E-state index in [1.165, 1.54) is 12.1 Å². The maximum Gasteiger partial charge on any atom is 0.336 e. The van der Waals surface area contributed by atoms with E-state index in [0.717, 1.165) is 5.39 Å². The molecule has 0 aliphatic heterocycles. The lowest BCUT2D eigenvalue weighted by Gasteiger charge is -2.00. The lowest BCUT2D eigenvalue weighted by atomic mass is 10.1. The molecule has 0 aliphatic carbocycles. The second-order valence-corrected chi connectivity index (χ2v) is 3.60. The molecule has 0 N–H and O–H groups in total. The summed E-state index contributed by atoms with van der Waals surface area (Å²) in [4.78, 5) is 22.6. The molecule has 0 unspecified atom stereocenters. The highest BCUT2D eigenvalue weighted by atomic mass is 16.5. The summed E-state index contributed by atoms with van der Waals surface area (Å²) < 4.78 is 9.83. The molecule has 0 atom stereocenters. The average molecular weight is 244 g/mol. The molecule has 4 heteroatoms. The smallest absolute Gasteiger partial charge is 0.336 e. The number of fused-ring (bicyclic) bond motifs is 1. The lowest BCUT2D eigenvalue weighted by molar-refractivity contribution is -0.137. The maximum atomic E-state index is 11.4. The van der Waals surface area contributed by atoms with Crippen molar-refractivity contribution in [2.24, 2.45) is 0 Å². The van der Waals surface area contributed by atoms with Gasteiger partial charge in [0.1, 0.15) is 5.58 Å². The lowest BCUT2D eigenvalue weighted by Crippen LogP contribution is -2.00. The number of para-hydroxylation sites is 1. The van der Waals surface area contributed by atoms with Gasteiger partial charge in [-0.25, -0.2) is 9.59 Å². The average Bonchev–Trinajstić information content (AvgIpc) is 2.36. The third-order valence-electron chi connectivity index (χ3n) is 2.37. The molecular weight excluding hydrogens is 232 g/mol. The summed E-state index contributed by atoms with van der Waals surface area (Å²) in [5.74, 6) is -0.435. The highest BCUT2D eigenvalue weighted by Crippen LogP contribution is 2.17. The van der Waals surface area contributed by atoms with E-state index >= 15 is 0 Å². The van der Waals surface area contributed by atoms with E-state index in [1.807, 2.05) is 12.1 Å². The first-order valence-electron chi connectivity index (χ1n) is 5.58. The van der Waals surface area contributed by atoms with Crippen LogP contribution in [0.1, 0.15) is 12.5 Å². The van der Waals surface area contributed by atoms with Crippen molar-refractivity contribution in [2.75, 3.05) is 6.61 Å². The fourth-order valence-corrected chi connectivity index (χ4v) is 1.62. The van der Waals surface area contributed by atoms with Crippen LogP contribution in [0.15, 0.2) is 45.6 Å². The quantitative estimate of drug-likeness (QED) is 0.472. The van der Waals surface area contributed by atoms with E-state index in [9.17, 15) is 9.59 Å². The van der Waals surface area contributed by atoms with Crippen molar-refractivity contribution in [1.29, 1.82) is 0 Å². The summed E-state index contributed by atoms with van der Waals surface area (Å²) in [6.45, 7) is 2.05. The first kappa shape index (κ1) is 12.1. The van der Waals surface area contributed by atoms with E-state index in [0.29, 0.717) is 17.8 Å². The largest absolute Gasteiger partial charge is 0.463 e. The van der Waals surface area contributed by atoms with Crippen molar-refractivity contribution in [3.8, 4) is 0 Å². The van der Waals surface area contributed by atoms with Gasteiger partial charge < -0.3 is 9.15 Å². The molecule has 0 amide bonds. The fourth-order valence-electron chi connectivity index (χ4n) is 1.62. The van der Waals surface area contributed by atoms with Crippen LogP contribution in [0.5, 0.6) is 0 Å². The van der Waals surface area contributed by atoms with Gasteiger partial charge in [0.05, 0.1) is 6.61 Å². The first-order chi connectivity index (χ1) is 8.70. The second kappa shape index (κ2) is 5.31. The van der Waals surface area contributed by atoms with E-state index in [-0.39, 0.29) is 0 Å². The summed E-state index contributed by atoms with van der Waals surface area (Å²) in [5, 5.41) is 0.776. The van der Waals surface area contributed by atoms with Gasteiger partial charge in [-0.15, -0.1) is 0 Å². The Balaban J connectivity index is 2.44. The van der Waals surface area contributed by atoms with Crippen LogP contribution in [0.2, 0.25) is 0 Å². The van der Waals surface area contributed by atoms with Crippen LogP contribution in [0, 0.1) is 0 Å². The van der Waals surface area contributed by atoms with Crippen LogP contribution in [-0.4, -0.2) is 12.6 Å². The molecule has 18 heavy (non-hydrogen) atoms. The van der Waals surface area contributed by atoms with Gasteiger partial charge in [-0.2, -0.15) is 0 Å². The predicted molar refractivity (Wildman–Crippen MR) is 68.2 cm³/mol. The number of ether oxygens (including phenoxy) is 1. The summed E-state index contributed by atoms with van der Waals surface area (Å²) in [6, 6.07) is 8.49. The molecule has 92 valence electrons. The van der Waals surface area contributed by atoms with Crippen molar-refractivity contribution in [1.82, 2.24) is 0 Å². The molecule has 0 saturated carbocycles. The Labute approximate surface area is 103 Å². The highest BCUT2D eigenvalue weighted by molar-refractivity contribution is 5.92. The standard InChI is InChI=1S/C14H12O4/c1-2-17-13(15)8-7-10-9-14(16)18-12-6-4-3-5-11(10)12/h3-9H,2H2,1H3/b8-7+. The molecule has 0 bridgehead atoms. The molecule has 0 spiro atoms. The monoisotopic (exact) mass is 244 g/mol. The molecule has 0 aliphatic rings. The summed E-state index contributed by atoms with van der Waals surface area (Å²) in [7, 11) is 0. The van der Waals surface area contributed by atoms with Crippen molar-refractivity contribution in [2.45, 2.75) is 6.92 Å². The van der Waals surface area contributed by atoms with Crippen LogP contribution in [0.25, 0.3) is 17.0 Å².